The summed E-state index contributed by atoms with van der Waals surface area (Å²) in [6.07, 6.45) is -4.26. The highest BCUT2D eigenvalue weighted by atomic mass is 35.5. The Morgan fingerprint density at radius 3 is 2.56 bits per heavy atom. The molecular formula is C11H10ClF3O. The Hall–Kier alpha value is -1.03. The van der Waals surface area contributed by atoms with Gasteiger partial charge < -0.3 is 0 Å². The van der Waals surface area contributed by atoms with Gasteiger partial charge in [0, 0.05) is 0 Å². The monoisotopic (exact) mass is 250 g/mol. The Kier molecular flexibility index (Phi) is 3.97. The molecule has 0 bridgehead atoms. The van der Waals surface area contributed by atoms with Crippen LogP contribution < -0.4 is 0 Å². The summed E-state index contributed by atoms with van der Waals surface area (Å²) in [6.45, 7) is 1.31. The van der Waals surface area contributed by atoms with Crippen LogP contribution in [-0.2, 0) is 17.4 Å². The molecule has 1 rings (SSSR count). The fourth-order valence-electron chi connectivity index (χ4n) is 1.23. The molecule has 0 fully saturated rings. The zero-order valence-corrected chi connectivity index (χ0v) is 9.27. The lowest BCUT2D eigenvalue weighted by Gasteiger charge is -2.10. The van der Waals surface area contributed by atoms with E-state index >= 15 is 0 Å². The molecule has 0 saturated heterocycles. The lowest BCUT2D eigenvalue weighted by atomic mass is 10.0. The van der Waals surface area contributed by atoms with E-state index in [1.54, 1.807) is 0 Å². The number of ketones is 1. The lowest BCUT2D eigenvalue weighted by molar-refractivity contribution is -0.137. The van der Waals surface area contributed by atoms with Gasteiger partial charge in [0.25, 0.3) is 0 Å². The Morgan fingerprint density at radius 2 is 2.06 bits per heavy atom. The molecule has 16 heavy (non-hydrogen) atoms. The molecule has 0 heterocycles. The molecule has 1 aromatic carbocycles. The first kappa shape index (κ1) is 13.0. The second-order valence-corrected chi connectivity index (χ2v) is 4.01. The van der Waals surface area contributed by atoms with Crippen LogP contribution in [0.2, 0.25) is 0 Å². The van der Waals surface area contributed by atoms with Crippen LogP contribution in [0.5, 0.6) is 0 Å². The highest BCUT2D eigenvalue weighted by Crippen LogP contribution is 2.29. The summed E-state index contributed by atoms with van der Waals surface area (Å²) in [6, 6.07) is 4.83. The molecule has 1 aromatic rings. The molecule has 0 radical (unpaired) electrons. The van der Waals surface area contributed by atoms with E-state index in [-0.39, 0.29) is 12.2 Å². The van der Waals surface area contributed by atoms with Gasteiger partial charge in [0.1, 0.15) is 5.78 Å². The molecule has 0 unspecified atom stereocenters. The van der Waals surface area contributed by atoms with Gasteiger partial charge in [-0.05, 0) is 25.0 Å². The maximum Gasteiger partial charge on any atom is 0.416 e. The van der Waals surface area contributed by atoms with Crippen LogP contribution in [-0.4, -0.2) is 11.2 Å². The summed E-state index contributed by atoms with van der Waals surface area (Å²) < 4.78 is 37.1. The average molecular weight is 251 g/mol. The van der Waals surface area contributed by atoms with Crippen molar-refractivity contribution in [1.29, 1.82) is 0 Å². The van der Waals surface area contributed by atoms with E-state index in [2.05, 4.69) is 0 Å². The smallest absolute Gasteiger partial charge is 0.298 e. The molecule has 0 spiro atoms. The number of Topliss-reactive ketones (excluding diaryl/α,β-unsaturated/α-hetero) is 1. The van der Waals surface area contributed by atoms with Crippen LogP contribution in [0.25, 0.3) is 0 Å². The van der Waals surface area contributed by atoms with Gasteiger partial charge in [-0.15, -0.1) is 11.6 Å². The van der Waals surface area contributed by atoms with Crippen molar-refractivity contribution in [3.05, 3.63) is 35.4 Å². The molecule has 0 aromatic heterocycles. The third-order valence-corrected chi connectivity index (χ3v) is 2.57. The number of carbonyl (C=O) groups is 1. The van der Waals surface area contributed by atoms with Gasteiger partial charge >= 0.3 is 6.18 Å². The van der Waals surface area contributed by atoms with Crippen LogP contribution in [0.15, 0.2) is 24.3 Å². The third kappa shape index (κ3) is 3.52. The normalized spacial score (nSPS) is 13.6. The first-order chi connectivity index (χ1) is 7.30. The van der Waals surface area contributed by atoms with Crippen LogP contribution in [0.4, 0.5) is 13.2 Å². The number of carbonyl (C=O) groups excluding carboxylic acids is 1. The standard InChI is InChI=1S/C11H10ClF3O/c1-7(16)10(12)6-8-3-2-4-9(5-8)11(13,14)15/h2-5,10H,6H2,1H3/t10-/m0/s1. The zero-order chi connectivity index (χ0) is 12.3. The van der Waals surface area contributed by atoms with E-state index in [1.807, 2.05) is 0 Å². The largest absolute Gasteiger partial charge is 0.416 e. The molecule has 0 aliphatic rings. The lowest BCUT2D eigenvalue weighted by Crippen LogP contribution is -2.14. The predicted octanol–water partition coefficient (Wildman–Crippen LogP) is 3.44. The van der Waals surface area contributed by atoms with E-state index in [4.69, 9.17) is 11.6 Å². The highest BCUT2D eigenvalue weighted by Gasteiger charge is 2.30. The quantitative estimate of drug-likeness (QED) is 0.751. The molecule has 88 valence electrons. The van der Waals surface area contributed by atoms with Gasteiger partial charge in [0.05, 0.1) is 10.9 Å². The summed E-state index contributed by atoms with van der Waals surface area (Å²) in [4.78, 5) is 10.9. The van der Waals surface area contributed by atoms with Gasteiger partial charge in [0.2, 0.25) is 0 Å². The predicted molar refractivity (Wildman–Crippen MR) is 55.5 cm³/mol. The number of hydrogen-bond acceptors (Lipinski definition) is 1. The van der Waals surface area contributed by atoms with Gasteiger partial charge in [-0.2, -0.15) is 13.2 Å². The summed E-state index contributed by atoms with van der Waals surface area (Å²) >= 11 is 5.69. The van der Waals surface area contributed by atoms with Gasteiger partial charge in [0.15, 0.2) is 0 Å². The van der Waals surface area contributed by atoms with Crippen molar-refractivity contribution in [2.24, 2.45) is 0 Å². The van der Waals surface area contributed by atoms with Crippen LogP contribution >= 0.6 is 11.6 Å². The first-order valence-corrected chi connectivity index (χ1v) is 5.05. The molecule has 0 amide bonds. The van der Waals surface area contributed by atoms with Gasteiger partial charge in [-0.3, -0.25) is 4.79 Å². The Morgan fingerprint density at radius 1 is 1.44 bits per heavy atom. The molecule has 5 heteroatoms. The zero-order valence-electron chi connectivity index (χ0n) is 8.51. The minimum absolute atomic E-state index is 0.112. The molecular weight excluding hydrogens is 241 g/mol. The van der Waals surface area contributed by atoms with E-state index in [9.17, 15) is 18.0 Å². The topological polar surface area (TPSA) is 17.1 Å². The average Bonchev–Trinajstić information content (AvgIpc) is 2.16. The van der Waals surface area contributed by atoms with Crippen molar-refractivity contribution in [1.82, 2.24) is 0 Å². The third-order valence-electron chi connectivity index (χ3n) is 2.11. The fourth-order valence-corrected chi connectivity index (χ4v) is 1.40. The number of rotatable bonds is 3. The van der Waals surface area contributed by atoms with Crippen molar-refractivity contribution in [2.75, 3.05) is 0 Å². The number of alkyl halides is 4. The highest BCUT2D eigenvalue weighted by molar-refractivity contribution is 6.30. The minimum atomic E-state index is -4.37. The summed E-state index contributed by atoms with van der Waals surface area (Å²) in [5.41, 5.74) is -0.317. The summed E-state index contributed by atoms with van der Waals surface area (Å²) in [5.74, 6) is -0.251. The van der Waals surface area contributed by atoms with Crippen LogP contribution in [0, 0.1) is 0 Å². The van der Waals surface area contributed by atoms with E-state index < -0.39 is 17.1 Å². The molecule has 1 atom stereocenters. The molecule has 0 aliphatic heterocycles. The number of hydrogen-bond donors (Lipinski definition) is 0. The Balaban J connectivity index is 2.87. The summed E-state index contributed by atoms with van der Waals surface area (Å²) in [5, 5.41) is -0.775. The number of halogens is 4. The Bertz CT molecular complexity index is 387. The van der Waals surface area contributed by atoms with Crippen LogP contribution in [0.3, 0.4) is 0 Å². The summed E-state index contributed by atoms with van der Waals surface area (Å²) in [7, 11) is 0. The fraction of sp³-hybridized carbons (Fsp3) is 0.364. The van der Waals surface area contributed by atoms with E-state index in [0.29, 0.717) is 5.56 Å². The van der Waals surface area contributed by atoms with Crippen molar-refractivity contribution in [3.63, 3.8) is 0 Å². The second kappa shape index (κ2) is 4.87. The van der Waals surface area contributed by atoms with E-state index in [0.717, 1.165) is 12.1 Å². The Labute approximate surface area is 96.2 Å². The second-order valence-electron chi connectivity index (χ2n) is 3.48. The SMILES string of the molecule is CC(=O)[C@@H](Cl)Cc1cccc(C(F)(F)F)c1. The maximum absolute atomic E-state index is 12.4. The molecule has 0 N–H and O–H groups in total. The molecule has 0 aliphatic carbocycles. The molecule has 1 nitrogen and oxygen atoms in total. The van der Waals surface area contributed by atoms with Gasteiger partial charge in [-0.1, -0.05) is 18.2 Å². The van der Waals surface area contributed by atoms with E-state index in [1.165, 1.54) is 19.1 Å². The first-order valence-electron chi connectivity index (χ1n) is 4.61. The van der Waals surface area contributed by atoms with Crippen molar-refractivity contribution < 1.29 is 18.0 Å². The maximum atomic E-state index is 12.4. The molecule has 0 saturated carbocycles. The van der Waals surface area contributed by atoms with Gasteiger partial charge in [-0.25, -0.2) is 0 Å². The van der Waals surface area contributed by atoms with Crippen LogP contribution in [0.1, 0.15) is 18.1 Å². The van der Waals surface area contributed by atoms with Crippen molar-refractivity contribution >= 4 is 17.4 Å². The minimum Gasteiger partial charge on any atom is -0.298 e. The van der Waals surface area contributed by atoms with Crippen molar-refractivity contribution in [2.45, 2.75) is 24.9 Å². The number of benzene rings is 1. The van der Waals surface area contributed by atoms with Crippen molar-refractivity contribution in [3.8, 4) is 0 Å².